The molecule has 0 radical (unpaired) electrons. The summed E-state index contributed by atoms with van der Waals surface area (Å²) in [4.78, 5) is 18.8. The van der Waals surface area contributed by atoms with Crippen LogP contribution < -0.4 is 15.2 Å². The van der Waals surface area contributed by atoms with Crippen LogP contribution >= 0.6 is 0 Å². The van der Waals surface area contributed by atoms with Crippen molar-refractivity contribution in [2.24, 2.45) is 10.7 Å². The molecule has 0 saturated heterocycles. The van der Waals surface area contributed by atoms with Gasteiger partial charge in [0.15, 0.2) is 23.1 Å². The van der Waals surface area contributed by atoms with Crippen molar-refractivity contribution < 1.29 is 36.2 Å². The zero-order chi connectivity index (χ0) is 24.3. The van der Waals surface area contributed by atoms with Crippen LogP contribution in [-0.2, 0) is 16.8 Å². The number of carbonyl (C=O) groups excluding carboxylic acids is 1. The minimum Gasteiger partial charge on any atom is -0.490 e. The summed E-state index contributed by atoms with van der Waals surface area (Å²) in [5.41, 5.74) is 4.98. The summed E-state index contributed by atoms with van der Waals surface area (Å²) < 4.78 is 74.4. The van der Waals surface area contributed by atoms with Gasteiger partial charge in [0.1, 0.15) is 5.75 Å². The summed E-state index contributed by atoms with van der Waals surface area (Å²) in [6, 6.07) is 7.71. The molecule has 1 aliphatic rings. The van der Waals surface area contributed by atoms with Crippen molar-refractivity contribution in [3.05, 3.63) is 58.9 Å². The highest BCUT2D eigenvalue weighted by molar-refractivity contribution is 6.09. The van der Waals surface area contributed by atoms with Crippen LogP contribution in [0.5, 0.6) is 11.5 Å². The molecule has 11 heteroatoms. The Kier molecular flexibility index (Phi) is 7.09. The molecule has 0 bridgehead atoms. The number of likely N-dealkylation sites (N-methyl/N-ethyl adjacent to an activating group) is 1. The van der Waals surface area contributed by atoms with Gasteiger partial charge in [-0.05, 0) is 47.4 Å². The highest BCUT2D eigenvalue weighted by Crippen LogP contribution is 2.42. The Balaban J connectivity index is 2.14. The van der Waals surface area contributed by atoms with E-state index in [4.69, 9.17) is 10.5 Å². The number of halogens is 5. The largest absolute Gasteiger partial charge is 0.490 e. The monoisotopic (exact) mass is 471 g/mol. The molecule has 0 aliphatic carbocycles. The van der Waals surface area contributed by atoms with Gasteiger partial charge >= 0.3 is 6.61 Å². The van der Waals surface area contributed by atoms with Crippen LogP contribution in [0.15, 0.2) is 41.4 Å². The van der Waals surface area contributed by atoms with Crippen LogP contribution in [-0.4, -0.2) is 43.5 Å². The van der Waals surface area contributed by atoms with E-state index < -0.39 is 43.3 Å². The van der Waals surface area contributed by atoms with Gasteiger partial charge in [0.05, 0.1) is 6.61 Å². The maximum Gasteiger partial charge on any atom is 0.387 e. The van der Waals surface area contributed by atoms with Crippen molar-refractivity contribution in [2.75, 3.05) is 13.7 Å². The van der Waals surface area contributed by atoms with Crippen molar-refractivity contribution in [1.29, 1.82) is 0 Å². The molecule has 2 N–H and O–H groups in total. The molecule has 2 aromatic carbocycles. The van der Waals surface area contributed by atoms with E-state index in [1.807, 2.05) is 0 Å². The number of nitrogens with zero attached hydrogens (tertiary/aromatic N) is 2. The summed E-state index contributed by atoms with van der Waals surface area (Å²) >= 11 is 0. The molecule has 1 atom stereocenters. The fourth-order valence-electron chi connectivity index (χ4n) is 3.57. The third-order valence-corrected chi connectivity index (χ3v) is 5.26. The third kappa shape index (κ3) is 4.71. The van der Waals surface area contributed by atoms with Crippen molar-refractivity contribution in [1.82, 2.24) is 4.90 Å². The molecule has 1 unspecified atom stereocenters. The molecule has 3 rings (SSSR count). The summed E-state index contributed by atoms with van der Waals surface area (Å²) in [6.07, 6.45) is -2.92. The lowest BCUT2D eigenvalue weighted by Crippen LogP contribution is -2.41. The minimum absolute atomic E-state index is 0.0581. The van der Waals surface area contributed by atoms with Gasteiger partial charge in [-0.15, -0.1) is 0 Å². The molecule has 6 nitrogen and oxygen atoms in total. The topological polar surface area (TPSA) is 77.2 Å². The Labute approximate surface area is 186 Å². The lowest BCUT2D eigenvalue weighted by atomic mass is 9.81. The summed E-state index contributed by atoms with van der Waals surface area (Å²) in [7, 11) is 1.40. The van der Waals surface area contributed by atoms with Crippen LogP contribution in [0.3, 0.4) is 0 Å². The van der Waals surface area contributed by atoms with Crippen molar-refractivity contribution in [2.45, 2.75) is 38.3 Å². The Morgan fingerprint density at radius 1 is 1.09 bits per heavy atom. The van der Waals surface area contributed by atoms with Crippen molar-refractivity contribution in [3.8, 4) is 11.5 Å². The van der Waals surface area contributed by atoms with E-state index in [0.29, 0.717) is 12.0 Å². The van der Waals surface area contributed by atoms with E-state index in [1.165, 1.54) is 37.4 Å². The highest BCUT2D eigenvalue weighted by atomic mass is 19.3. The number of hydrogen-bond acceptors (Lipinski definition) is 5. The summed E-state index contributed by atoms with van der Waals surface area (Å²) in [6.45, 7) is -1.76. The van der Waals surface area contributed by atoms with Gasteiger partial charge in [0.25, 0.3) is 5.91 Å². The minimum atomic E-state index is -3.03. The van der Waals surface area contributed by atoms with Gasteiger partial charge in [0.2, 0.25) is 6.43 Å². The third-order valence-electron chi connectivity index (χ3n) is 5.26. The van der Waals surface area contributed by atoms with Crippen molar-refractivity contribution >= 4 is 11.9 Å². The molecule has 33 heavy (non-hydrogen) atoms. The molecule has 0 spiro atoms. The van der Waals surface area contributed by atoms with Gasteiger partial charge in [-0.2, -0.15) is 8.78 Å². The van der Waals surface area contributed by atoms with Gasteiger partial charge in [-0.3, -0.25) is 9.69 Å². The van der Waals surface area contributed by atoms with E-state index in [0.717, 1.165) is 11.0 Å². The van der Waals surface area contributed by atoms with E-state index in [9.17, 15) is 26.7 Å². The molecule has 0 fully saturated rings. The number of aliphatic imine (C=N–C) groups is 1. The van der Waals surface area contributed by atoms with Crippen LogP contribution in [0.4, 0.5) is 22.0 Å². The van der Waals surface area contributed by atoms with Crippen LogP contribution in [0.2, 0.25) is 0 Å². The lowest BCUT2D eigenvalue weighted by Gasteiger charge is -2.27. The highest BCUT2D eigenvalue weighted by Gasteiger charge is 2.50. The number of aryl methyl sites for hydroxylation is 1. The summed E-state index contributed by atoms with van der Waals surface area (Å²) in [5, 5.41) is 0. The van der Waals surface area contributed by atoms with Gasteiger partial charge in [0, 0.05) is 13.5 Å². The normalized spacial score (nSPS) is 18.3. The molecule has 0 saturated carbocycles. The first-order valence-corrected chi connectivity index (χ1v) is 10.0. The number of amides is 1. The van der Waals surface area contributed by atoms with E-state index in [1.54, 1.807) is 6.92 Å². The van der Waals surface area contributed by atoms with Gasteiger partial charge < -0.3 is 15.2 Å². The number of ether oxygens (including phenoxy) is 2. The predicted molar refractivity (Wildman–Crippen MR) is 110 cm³/mol. The second kappa shape index (κ2) is 9.63. The van der Waals surface area contributed by atoms with E-state index >= 15 is 0 Å². The average Bonchev–Trinajstić information content (AvgIpc) is 2.99. The predicted octanol–water partition coefficient (Wildman–Crippen LogP) is 4.05. The summed E-state index contributed by atoms with van der Waals surface area (Å²) in [5.74, 6) is -1.90. The molecule has 1 aliphatic heterocycles. The first-order valence-electron chi connectivity index (χ1n) is 10.0. The number of guanidine groups is 1. The standard InChI is InChI=1S/C22H22F5N3O3/c1-3-12-10-13(5-7-16(12)33-20(26)27)22(19(31)30(2)21(28)29-22)14-4-6-15(23)17(11-14)32-9-8-18(24)25/h4-7,10-11,18,20H,3,8-9H2,1-2H3,(H2,28,29). The Hall–Kier alpha value is -3.37. The number of carbonyl (C=O) groups is 1. The number of nitrogens with two attached hydrogens (primary N) is 1. The number of rotatable bonds is 9. The Bertz CT molecular complexity index is 1060. The fraction of sp³-hybridized carbons (Fsp3) is 0.364. The molecule has 1 amide bonds. The Morgan fingerprint density at radius 3 is 2.33 bits per heavy atom. The number of alkyl halides is 4. The zero-order valence-corrected chi connectivity index (χ0v) is 17.8. The van der Waals surface area contributed by atoms with E-state index in [-0.39, 0.29) is 28.6 Å². The first-order chi connectivity index (χ1) is 15.6. The average molecular weight is 471 g/mol. The van der Waals surface area contributed by atoms with Gasteiger partial charge in [-0.25, -0.2) is 18.2 Å². The molecular weight excluding hydrogens is 449 g/mol. The lowest BCUT2D eigenvalue weighted by molar-refractivity contribution is -0.129. The fourth-order valence-corrected chi connectivity index (χ4v) is 3.57. The second-order valence-corrected chi connectivity index (χ2v) is 7.27. The molecule has 1 heterocycles. The van der Waals surface area contributed by atoms with Crippen molar-refractivity contribution in [3.63, 3.8) is 0 Å². The van der Waals surface area contributed by atoms with Crippen LogP contribution in [0.1, 0.15) is 30.0 Å². The number of hydrogen-bond donors (Lipinski definition) is 1. The van der Waals surface area contributed by atoms with Crippen LogP contribution in [0.25, 0.3) is 0 Å². The SMILES string of the molecule is CCc1cc(C2(c3ccc(F)c(OCCC(F)F)c3)N=C(N)N(C)C2=O)ccc1OC(F)F. The molecule has 0 aromatic heterocycles. The maximum atomic E-state index is 14.3. The molecule has 178 valence electrons. The molecular formula is C22H22F5N3O3. The second-order valence-electron chi connectivity index (χ2n) is 7.27. The van der Waals surface area contributed by atoms with Gasteiger partial charge in [-0.1, -0.05) is 19.1 Å². The maximum absolute atomic E-state index is 14.3. The number of benzene rings is 2. The quantitative estimate of drug-likeness (QED) is 0.560. The first kappa shape index (κ1) is 24.3. The Morgan fingerprint density at radius 2 is 1.76 bits per heavy atom. The zero-order valence-electron chi connectivity index (χ0n) is 17.8. The smallest absolute Gasteiger partial charge is 0.387 e. The van der Waals surface area contributed by atoms with Crippen LogP contribution in [0, 0.1) is 5.82 Å². The molecule has 2 aromatic rings. The van der Waals surface area contributed by atoms with E-state index in [2.05, 4.69) is 9.73 Å².